The monoisotopic (exact) mass is 872 g/mol. The van der Waals surface area contributed by atoms with Crippen molar-refractivity contribution in [3.8, 4) is 5.75 Å². The number of benzene rings is 1. The van der Waals surface area contributed by atoms with Gasteiger partial charge in [0.2, 0.25) is 23.7 Å². The predicted octanol–water partition coefficient (Wildman–Crippen LogP) is 0.961. The predicted molar refractivity (Wildman–Crippen MR) is 230 cm³/mol. The molecule has 2 unspecified atom stereocenters. The number of carbonyl (C=O) groups excluding carboxylic acids is 3. The Kier molecular flexibility index (Phi) is 20.3. The third kappa shape index (κ3) is 16.3. The Morgan fingerprint density at radius 2 is 1.66 bits per heavy atom. The number of thioether (sulfide) groups is 1. The van der Waals surface area contributed by atoms with E-state index in [0.717, 1.165) is 90.9 Å². The van der Waals surface area contributed by atoms with E-state index in [1.165, 1.54) is 0 Å². The number of nitrogens with one attached hydrogen (secondary N) is 3. The van der Waals surface area contributed by atoms with Crippen molar-refractivity contribution in [1.82, 2.24) is 35.0 Å². The summed E-state index contributed by atoms with van der Waals surface area (Å²) in [6.45, 7) is 7.83. The van der Waals surface area contributed by atoms with Crippen molar-refractivity contribution in [2.24, 2.45) is 5.73 Å². The minimum Gasteiger partial charge on any atom is -0.496 e. The zero-order valence-electron chi connectivity index (χ0n) is 34.9. The van der Waals surface area contributed by atoms with Crippen molar-refractivity contribution in [3.63, 3.8) is 0 Å². The highest BCUT2D eigenvalue weighted by Crippen LogP contribution is 2.28. The van der Waals surface area contributed by atoms with Crippen LogP contribution in [-0.2, 0) is 46.5 Å². The van der Waals surface area contributed by atoms with Gasteiger partial charge < -0.3 is 61.3 Å². The fourth-order valence-electron chi connectivity index (χ4n) is 6.47. The number of nitrogens with zero attached hydrogens (tertiary/aromatic N) is 5. The van der Waals surface area contributed by atoms with Crippen LogP contribution in [-0.4, -0.2) is 161 Å². The normalized spacial score (nSPS) is 14.0. The van der Waals surface area contributed by atoms with E-state index in [9.17, 15) is 29.1 Å². The highest BCUT2D eigenvalue weighted by molar-refractivity contribution is 8.00. The maximum Gasteiger partial charge on any atom is 0.321 e. The molecule has 0 aliphatic carbocycles. The lowest BCUT2D eigenvalue weighted by molar-refractivity contribution is -0.139. The molecular weight excluding hydrogens is 813 g/mol. The van der Waals surface area contributed by atoms with E-state index in [1.807, 2.05) is 17.2 Å². The molecule has 0 bridgehead atoms. The quantitative estimate of drug-likeness (QED) is 0.0501. The lowest BCUT2D eigenvalue weighted by Gasteiger charge is -2.35. The van der Waals surface area contributed by atoms with Gasteiger partial charge in [-0.3, -0.25) is 28.9 Å². The van der Waals surface area contributed by atoms with Gasteiger partial charge in [0.25, 0.3) is 0 Å². The summed E-state index contributed by atoms with van der Waals surface area (Å²) in [7, 11) is 1.68. The Balaban J connectivity index is 1.07. The van der Waals surface area contributed by atoms with Gasteiger partial charge in [0.05, 0.1) is 58.6 Å². The maximum atomic E-state index is 12.8. The van der Waals surface area contributed by atoms with E-state index in [-0.39, 0.29) is 63.5 Å². The molecule has 3 aromatic rings. The first-order valence-corrected chi connectivity index (χ1v) is 21.5. The Morgan fingerprint density at radius 3 is 2.36 bits per heavy atom. The number of methoxy groups -OCH3 is 1. The molecule has 1 aliphatic rings. The highest BCUT2D eigenvalue weighted by atomic mass is 32.2. The van der Waals surface area contributed by atoms with Gasteiger partial charge >= 0.3 is 11.9 Å². The number of carbonyl (C=O) groups is 5. The van der Waals surface area contributed by atoms with Crippen molar-refractivity contribution in [2.75, 3.05) is 96.2 Å². The first kappa shape index (κ1) is 48.4. The van der Waals surface area contributed by atoms with Gasteiger partial charge in [-0.15, -0.1) is 11.8 Å². The van der Waals surface area contributed by atoms with Crippen LogP contribution >= 0.6 is 11.8 Å². The molecule has 1 fully saturated rings. The van der Waals surface area contributed by atoms with Gasteiger partial charge in [-0.2, -0.15) is 4.98 Å². The summed E-state index contributed by atoms with van der Waals surface area (Å²) in [4.78, 5) is 72.3. The largest absolute Gasteiger partial charge is 0.496 e. The van der Waals surface area contributed by atoms with Crippen LogP contribution in [0.2, 0.25) is 0 Å². The zero-order chi connectivity index (χ0) is 44.1. The fourth-order valence-corrected chi connectivity index (χ4v) is 7.46. The zero-order valence-corrected chi connectivity index (χ0v) is 35.8. The summed E-state index contributed by atoms with van der Waals surface area (Å²) < 4.78 is 19.0. The smallest absolute Gasteiger partial charge is 0.321 e. The third-order valence-corrected chi connectivity index (χ3v) is 11.1. The SMILES string of the molecule is CCCCCNc1nc(N)nc2ccn(Cc3ccc(CN4CCN(C(=O)CCOCCOCCNC(=O)CNC(=O)CC(SCC(N)C(=O)O)C(=O)O)CC4)cc3OC)c12. The van der Waals surface area contributed by atoms with Crippen LogP contribution in [0.1, 0.15) is 50.2 Å². The van der Waals surface area contributed by atoms with Gasteiger partial charge in [0, 0.05) is 69.7 Å². The molecule has 9 N–H and O–H groups in total. The molecule has 61 heavy (non-hydrogen) atoms. The van der Waals surface area contributed by atoms with Crippen LogP contribution < -0.4 is 32.2 Å². The molecule has 1 aliphatic heterocycles. The first-order valence-electron chi connectivity index (χ1n) is 20.4. The molecular formula is C40H60N10O10S. The summed E-state index contributed by atoms with van der Waals surface area (Å²) in [5, 5.41) is 25.3. The number of nitrogens with two attached hydrogens (primary N) is 2. The number of carboxylic acids is 2. The number of amides is 3. The Hall–Kier alpha value is -5.22. The van der Waals surface area contributed by atoms with E-state index in [2.05, 4.69) is 60.5 Å². The Bertz CT molecular complexity index is 1910. The van der Waals surface area contributed by atoms with Crippen LogP contribution in [0, 0.1) is 0 Å². The summed E-state index contributed by atoms with van der Waals surface area (Å²) in [6, 6.07) is 6.98. The van der Waals surface area contributed by atoms with Gasteiger partial charge in [-0.1, -0.05) is 31.9 Å². The Labute approximate surface area is 359 Å². The molecule has 4 rings (SSSR count). The summed E-state index contributed by atoms with van der Waals surface area (Å²) in [6.07, 6.45) is 5.12. The van der Waals surface area contributed by atoms with Crippen LogP contribution in [0.15, 0.2) is 30.5 Å². The van der Waals surface area contributed by atoms with Crippen LogP contribution in [0.3, 0.4) is 0 Å². The third-order valence-electron chi connectivity index (χ3n) is 9.81. The van der Waals surface area contributed by atoms with Crippen molar-refractivity contribution in [3.05, 3.63) is 41.6 Å². The van der Waals surface area contributed by atoms with E-state index in [1.54, 1.807) is 7.11 Å². The summed E-state index contributed by atoms with van der Waals surface area (Å²) in [5.41, 5.74) is 15.2. The topological polar surface area (TPSA) is 279 Å². The van der Waals surface area contributed by atoms with Crippen molar-refractivity contribution >= 4 is 64.2 Å². The lowest BCUT2D eigenvalue weighted by atomic mass is 10.1. The number of ether oxygens (including phenoxy) is 3. The average molecular weight is 873 g/mol. The first-order chi connectivity index (χ1) is 29.4. The molecule has 0 radical (unpaired) electrons. The summed E-state index contributed by atoms with van der Waals surface area (Å²) in [5.74, 6) is -2.11. The van der Waals surface area contributed by atoms with Gasteiger partial charge in [-0.05, 0) is 24.1 Å². The van der Waals surface area contributed by atoms with Gasteiger partial charge in [0.1, 0.15) is 22.6 Å². The van der Waals surface area contributed by atoms with Crippen molar-refractivity contribution < 1.29 is 48.4 Å². The second-order valence-electron chi connectivity index (χ2n) is 14.5. The number of anilines is 2. The number of carboxylic acid groups (broad SMARTS) is 2. The second-order valence-corrected chi connectivity index (χ2v) is 15.7. The molecule has 0 spiro atoms. The standard InChI is InChI=1S/C40H60N10O10S/c1-3-4-5-10-44-37-36-30(46-40(42)47-37)8-12-50(36)25-28-7-6-27(21-31(28)58-2)24-48-13-15-49(16-14-48)35(53)9-17-59-19-20-60-18-11-43-34(52)23-45-33(51)22-32(39(56)57)61-26-29(41)38(54)55/h6-8,12,21,29,32H,3-5,9-11,13-20,22-26,41H2,1-2H3,(H,43,52)(H,45,51)(H,54,55)(H,56,57)(H3,42,44,46,47). The molecule has 3 amide bonds. The molecule has 21 heteroatoms. The molecule has 2 atom stereocenters. The maximum absolute atomic E-state index is 12.8. The number of hydrogen-bond acceptors (Lipinski definition) is 15. The number of rotatable bonds is 28. The molecule has 20 nitrogen and oxygen atoms in total. The van der Waals surface area contributed by atoms with E-state index in [4.69, 9.17) is 30.8 Å². The average Bonchev–Trinajstić information content (AvgIpc) is 3.64. The Morgan fingerprint density at radius 1 is 0.902 bits per heavy atom. The molecule has 1 saturated heterocycles. The minimum absolute atomic E-state index is 0.0333. The molecule has 1 aromatic carbocycles. The van der Waals surface area contributed by atoms with Gasteiger partial charge in [0.15, 0.2) is 5.82 Å². The fraction of sp³-hybridized carbons (Fsp3) is 0.575. The number of nitrogen functional groups attached to an aromatic ring is 1. The van der Waals surface area contributed by atoms with Crippen LogP contribution in [0.4, 0.5) is 11.8 Å². The van der Waals surface area contributed by atoms with Crippen molar-refractivity contribution in [1.29, 1.82) is 0 Å². The number of aromatic nitrogens is 3. The van der Waals surface area contributed by atoms with Crippen molar-refractivity contribution in [2.45, 2.75) is 63.4 Å². The minimum atomic E-state index is -1.29. The van der Waals surface area contributed by atoms with Crippen LogP contribution in [0.25, 0.3) is 11.0 Å². The molecule has 336 valence electrons. The lowest BCUT2D eigenvalue weighted by Crippen LogP contribution is -2.48. The van der Waals surface area contributed by atoms with Crippen LogP contribution in [0.5, 0.6) is 5.75 Å². The second kappa shape index (κ2) is 25.5. The summed E-state index contributed by atoms with van der Waals surface area (Å²) >= 11 is 0.744. The highest BCUT2D eigenvalue weighted by Gasteiger charge is 2.25. The van der Waals surface area contributed by atoms with Gasteiger partial charge in [-0.25, -0.2) is 4.98 Å². The number of unbranched alkanes of at least 4 members (excludes halogenated alkanes) is 2. The number of piperazine rings is 1. The number of fused-ring (bicyclic) bond motifs is 1. The number of aliphatic carboxylic acids is 2. The van der Waals surface area contributed by atoms with E-state index < -0.39 is 41.5 Å². The number of hydrogen-bond donors (Lipinski definition) is 7. The molecule has 3 heterocycles. The van der Waals surface area contributed by atoms with E-state index in [0.29, 0.717) is 19.6 Å². The van der Waals surface area contributed by atoms with E-state index >= 15 is 0 Å². The molecule has 0 saturated carbocycles. The molecule has 2 aromatic heterocycles.